The average Bonchev–Trinajstić information content (AvgIpc) is 2.53. The SMILES string of the molecule is COC(=O)C(NS(=O)(=O)NOC(=C=O)c1ccccc1)C(C)C. The number of carbonyl (C=O) groups excluding carboxylic acids is 2. The van der Waals surface area contributed by atoms with E-state index in [9.17, 15) is 18.0 Å². The van der Waals surface area contributed by atoms with Gasteiger partial charge in [0.1, 0.15) is 6.04 Å². The summed E-state index contributed by atoms with van der Waals surface area (Å²) in [6, 6.07) is 7.02. The van der Waals surface area contributed by atoms with Gasteiger partial charge in [0, 0.05) is 5.56 Å². The van der Waals surface area contributed by atoms with Gasteiger partial charge in [-0.2, -0.15) is 13.1 Å². The molecule has 8 nitrogen and oxygen atoms in total. The molecular formula is C14H18N2O6S. The molecule has 0 fully saturated rings. The van der Waals surface area contributed by atoms with E-state index in [2.05, 4.69) is 9.46 Å². The van der Waals surface area contributed by atoms with Gasteiger partial charge in [-0.1, -0.05) is 44.2 Å². The Balaban J connectivity index is 2.78. The first-order valence-electron chi connectivity index (χ1n) is 6.65. The fourth-order valence-electron chi connectivity index (χ4n) is 1.60. The number of hydrogen-bond donors (Lipinski definition) is 2. The molecule has 23 heavy (non-hydrogen) atoms. The van der Waals surface area contributed by atoms with E-state index < -0.39 is 22.2 Å². The number of benzene rings is 1. The summed E-state index contributed by atoms with van der Waals surface area (Å²) in [6.45, 7) is 3.29. The lowest BCUT2D eigenvalue weighted by molar-refractivity contribution is -0.143. The van der Waals surface area contributed by atoms with Crippen molar-refractivity contribution in [3.8, 4) is 0 Å². The molecule has 1 unspecified atom stereocenters. The molecule has 1 rings (SSSR count). The highest BCUT2D eigenvalue weighted by Gasteiger charge is 2.28. The lowest BCUT2D eigenvalue weighted by Gasteiger charge is -2.19. The summed E-state index contributed by atoms with van der Waals surface area (Å²) in [6.07, 6.45) is 0. The highest BCUT2D eigenvalue weighted by Crippen LogP contribution is 2.11. The van der Waals surface area contributed by atoms with Gasteiger partial charge in [-0.25, -0.2) is 4.79 Å². The number of esters is 1. The Labute approximate surface area is 134 Å². The molecule has 2 N–H and O–H groups in total. The summed E-state index contributed by atoms with van der Waals surface area (Å²) in [5.74, 6) is 0.0722. The highest BCUT2D eigenvalue weighted by molar-refractivity contribution is 7.87. The number of hydrogen-bond acceptors (Lipinski definition) is 6. The molecule has 0 saturated carbocycles. The van der Waals surface area contributed by atoms with Crippen LogP contribution in [0.3, 0.4) is 0 Å². The minimum atomic E-state index is -4.22. The Morgan fingerprint density at radius 3 is 2.30 bits per heavy atom. The van der Waals surface area contributed by atoms with Crippen LogP contribution in [0.1, 0.15) is 19.4 Å². The molecule has 0 spiro atoms. The van der Waals surface area contributed by atoms with Gasteiger partial charge in [0.15, 0.2) is 5.94 Å². The Bertz CT molecular complexity index is 680. The van der Waals surface area contributed by atoms with Crippen LogP contribution in [0.2, 0.25) is 0 Å². The third-order valence-electron chi connectivity index (χ3n) is 2.79. The molecule has 1 atom stereocenters. The molecular weight excluding hydrogens is 324 g/mol. The number of methoxy groups -OCH3 is 1. The van der Waals surface area contributed by atoms with Crippen molar-refractivity contribution in [3.05, 3.63) is 35.9 Å². The monoisotopic (exact) mass is 342 g/mol. The maximum atomic E-state index is 11.9. The maximum Gasteiger partial charge on any atom is 0.324 e. The molecule has 0 aliphatic heterocycles. The second-order valence-electron chi connectivity index (χ2n) is 4.85. The van der Waals surface area contributed by atoms with Gasteiger partial charge in [0.2, 0.25) is 5.76 Å². The fraction of sp³-hybridized carbons (Fsp3) is 0.357. The molecule has 0 aliphatic rings. The molecule has 1 aromatic rings. The molecule has 126 valence electrons. The van der Waals surface area contributed by atoms with Crippen LogP contribution in [-0.4, -0.2) is 33.5 Å². The van der Waals surface area contributed by atoms with E-state index >= 15 is 0 Å². The number of rotatable bonds is 8. The van der Waals surface area contributed by atoms with E-state index in [4.69, 9.17) is 4.84 Å². The number of nitrogens with one attached hydrogen (secondary N) is 2. The van der Waals surface area contributed by atoms with Crippen molar-refractivity contribution in [3.63, 3.8) is 0 Å². The van der Waals surface area contributed by atoms with Crippen LogP contribution in [0, 0.1) is 5.92 Å². The summed E-state index contributed by atoms with van der Waals surface area (Å²) < 4.78 is 30.5. The predicted molar refractivity (Wildman–Crippen MR) is 82.5 cm³/mol. The van der Waals surface area contributed by atoms with Gasteiger partial charge in [-0.15, -0.1) is 0 Å². The normalized spacial score (nSPS) is 12.3. The predicted octanol–water partition coefficient (Wildman–Crippen LogP) is 0.412. The van der Waals surface area contributed by atoms with Crippen molar-refractivity contribution in [2.24, 2.45) is 5.92 Å². The van der Waals surface area contributed by atoms with Gasteiger partial charge in [-0.3, -0.25) is 4.79 Å². The summed E-state index contributed by atoms with van der Waals surface area (Å²) in [7, 11) is -3.07. The third-order valence-corrected chi connectivity index (χ3v) is 3.65. The summed E-state index contributed by atoms with van der Waals surface area (Å²) >= 11 is 0. The van der Waals surface area contributed by atoms with Crippen LogP contribution < -0.4 is 9.61 Å². The van der Waals surface area contributed by atoms with Crippen molar-refractivity contribution in [2.45, 2.75) is 19.9 Å². The van der Waals surface area contributed by atoms with Crippen LogP contribution >= 0.6 is 0 Å². The Hall–Kier alpha value is -2.19. The zero-order valence-corrected chi connectivity index (χ0v) is 13.7. The third kappa shape index (κ3) is 5.84. The fourth-order valence-corrected chi connectivity index (χ4v) is 2.54. The van der Waals surface area contributed by atoms with Crippen LogP contribution in [0.25, 0.3) is 5.76 Å². The van der Waals surface area contributed by atoms with Gasteiger partial charge in [-0.05, 0) is 10.8 Å². The molecule has 0 saturated heterocycles. The Morgan fingerprint density at radius 2 is 1.83 bits per heavy atom. The molecule has 0 heterocycles. The number of carbonyl (C=O) groups is 1. The minimum absolute atomic E-state index is 0.338. The standard InChI is InChI=1S/C14H18N2O6S/c1-10(2)13(14(18)21-3)15-23(19,20)16-22-12(9-17)11-7-5-4-6-8-11/h4-8,10,13,15-16H,1-3H3. The van der Waals surface area contributed by atoms with E-state index in [1.54, 1.807) is 49.1 Å². The summed E-state index contributed by atoms with van der Waals surface area (Å²) in [5, 5.41) is 0. The quantitative estimate of drug-likeness (QED) is 0.306. The smallest absolute Gasteiger partial charge is 0.324 e. The first-order valence-corrected chi connectivity index (χ1v) is 8.13. The lowest BCUT2D eigenvalue weighted by Crippen LogP contribution is -2.49. The van der Waals surface area contributed by atoms with E-state index in [0.29, 0.717) is 5.56 Å². The zero-order chi connectivity index (χ0) is 17.5. The van der Waals surface area contributed by atoms with Gasteiger partial charge in [0.05, 0.1) is 7.11 Å². The largest absolute Gasteiger partial charge is 0.468 e. The van der Waals surface area contributed by atoms with E-state index in [1.807, 2.05) is 0 Å². The van der Waals surface area contributed by atoms with Crippen LogP contribution in [0.4, 0.5) is 0 Å². The first kappa shape index (κ1) is 18.9. The zero-order valence-electron chi connectivity index (χ0n) is 12.9. The summed E-state index contributed by atoms with van der Waals surface area (Å²) in [4.78, 5) is 29.0. The molecule has 0 aromatic heterocycles. The lowest BCUT2D eigenvalue weighted by atomic mass is 10.1. The van der Waals surface area contributed by atoms with Crippen LogP contribution in [-0.2, 0) is 29.4 Å². The maximum absolute atomic E-state index is 11.9. The van der Waals surface area contributed by atoms with Crippen molar-refractivity contribution >= 4 is 27.9 Å². The topological polar surface area (TPSA) is 111 Å². The van der Waals surface area contributed by atoms with Crippen molar-refractivity contribution in [1.29, 1.82) is 0 Å². The van der Waals surface area contributed by atoms with Crippen molar-refractivity contribution in [2.75, 3.05) is 7.11 Å². The Morgan fingerprint density at radius 1 is 1.22 bits per heavy atom. The molecule has 0 amide bonds. The second-order valence-corrected chi connectivity index (χ2v) is 6.26. The average molecular weight is 342 g/mol. The van der Waals surface area contributed by atoms with Crippen LogP contribution in [0.15, 0.2) is 30.3 Å². The molecule has 0 aliphatic carbocycles. The Kier molecular flexibility index (Phi) is 6.92. The first-order chi connectivity index (χ1) is 10.8. The van der Waals surface area contributed by atoms with Crippen molar-refractivity contribution in [1.82, 2.24) is 9.61 Å². The molecule has 0 radical (unpaired) electrons. The van der Waals surface area contributed by atoms with E-state index in [0.717, 1.165) is 7.11 Å². The van der Waals surface area contributed by atoms with E-state index in [1.165, 1.54) is 5.94 Å². The highest BCUT2D eigenvalue weighted by atomic mass is 32.2. The molecule has 1 aromatic carbocycles. The van der Waals surface area contributed by atoms with Gasteiger partial charge >= 0.3 is 16.2 Å². The molecule has 0 bridgehead atoms. The van der Waals surface area contributed by atoms with Crippen molar-refractivity contribution < 1.29 is 27.6 Å². The van der Waals surface area contributed by atoms with Gasteiger partial charge in [0.25, 0.3) is 0 Å². The number of ether oxygens (including phenoxy) is 1. The molecule has 9 heteroatoms. The van der Waals surface area contributed by atoms with Gasteiger partial charge < -0.3 is 9.57 Å². The van der Waals surface area contributed by atoms with E-state index in [-0.39, 0.29) is 11.7 Å². The van der Waals surface area contributed by atoms with Crippen LogP contribution in [0.5, 0.6) is 0 Å². The summed E-state index contributed by atoms with van der Waals surface area (Å²) in [5.41, 5.74) is 0.346. The minimum Gasteiger partial charge on any atom is -0.468 e. The second kappa shape index (κ2) is 8.44.